The van der Waals surface area contributed by atoms with Crippen LogP contribution < -0.4 is 5.32 Å². The van der Waals surface area contributed by atoms with Gasteiger partial charge in [0.2, 0.25) is 0 Å². The van der Waals surface area contributed by atoms with Gasteiger partial charge in [-0.2, -0.15) is 0 Å². The smallest absolute Gasteiger partial charge is 0.324 e. The molecule has 2 rings (SSSR count). The molecule has 19 heavy (non-hydrogen) atoms. The van der Waals surface area contributed by atoms with Gasteiger partial charge in [0, 0.05) is 13.1 Å². The van der Waals surface area contributed by atoms with Gasteiger partial charge < -0.3 is 10.2 Å². The predicted octanol–water partition coefficient (Wildman–Crippen LogP) is 1.44. The van der Waals surface area contributed by atoms with E-state index < -0.39 is 5.54 Å². The van der Waals surface area contributed by atoms with Crippen LogP contribution in [-0.2, 0) is 4.79 Å². The Morgan fingerprint density at radius 2 is 1.95 bits per heavy atom. The van der Waals surface area contributed by atoms with Crippen LogP contribution >= 0.6 is 0 Å². The highest BCUT2D eigenvalue weighted by molar-refractivity contribution is 6.06. The van der Waals surface area contributed by atoms with Crippen LogP contribution in [0.15, 0.2) is 0 Å². The zero-order valence-corrected chi connectivity index (χ0v) is 12.2. The molecule has 0 saturated carbocycles. The number of urea groups is 1. The Bertz CT molecular complexity index is 368. The minimum Gasteiger partial charge on any atom is -0.324 e. The minimum absolute atomic E-state index is 0.110. The zero-order valence-electron chi connectivity index (χ0n) is 12.2. The third-order valence-corrected chi connectivity index (χ3v) is 4.19. The molecule has 0 radical (unpaired) electrons. The topological polar surface area (TPSA) is 52.6 Å². The third kappa shape index (κ3) is 3.26. The van der Waals surface area contributed by atoms with Crippen molar-refractivity contribution < 1.29 is 9.59 Å². The molecule has 0 aliphatic carbocycles. The zero-order chi connectivity index (χ0) is 14.0. The van der Waals surface area contributed by atoms with Gasteiger partial charge in [0.25, 0.3) is 5.91 Å². The fourth-order valence-electron chi connectivity index (χ4n) is 2.81. The van der Waals surface area contributed by atoms with Gasteiger partial charge in [-0.05, 0) is 52.1 Å². The maximum atomic E-state index is 12.1. The summed E-state index contributed by atoms with van der Waals surface area (Å²) in [6, 6.07) is -0.252. The first-order valence-electron chi connectivity index (χ1n) is 7.26. The van der Waals surface area contributed by atoms with Crippen LogP contribution in [0.25, 0.3) is 0 Å². The summed E-state index contributed by atoms with van der Waals surface area (Å²) in [5.41, 5.74) is -0.746. The lowest BCUT2D eigenvalue weighted by Crippen LogP contribution is -2.42. The van der Waals surface area contributed by atoms with Gasteiger partial charge in [0.1, 0.15) is 5.54 Å². The monoisotopic (exact) mass is 267 g/mol. The number of hydrogen-bond acceptors (Lipinski definition) is 3. The molecule has 2 aliphatic rings. The van der Waals surface area contributed by atoms with Crippen LogP contribution in [0.1, 0.15) is 40.0 Å². The normalized spacial score (nSPS) is 28.4. The summed E-state index contributed by atoms with van der Waals surface area (Å²) in [5, 5.41) is 2.72. The van der Waals surface area contributed by atoms with E-state index in [0.717, 1.165) is 25.6 Å². The molecule has 2 fully saturated rings. The molecule has 1 N–H and O–H groups in total. The van der Waals surface area contributed by atoms with E-state index in [1.54, 1.807) is 13.8 Å². The molecule has 2 aliphatic heterocycles. The van der Waals surface area contributed by atoms with E-state index in [1.165, 1.54) is 24.2 Å². The van der Waals surface area contributed by atoms with Gasteiger partial charge in [0.15, 0.2) is 0 Å². The van der Waals surface area contributed by atoms with Crippen LogP contribution in [0, 0.1) is 5.92 Å². The van der Waals surface area contributed by atoms with E-state index in [1.807, 2.05) is 0 Å². The van der Waals surface area contributed by atoms with Crippen molar-refractivity contribution in [3.05, 3.63) is 0 Å². The fourth-order valence-corrected chi connectivity index (χ4v) is 2.81. The highest BCUT2D eigenvalue weighted by atomic mass is 16.2. The molecule has 3 amide bonds. The van der Waals surface area contributed by atoms with Crippen molar-refractivity contribution in [1.82, 2.24) is 15.1 Å². The highest BCUT2D eigenvalue weighted by Gasteiger charge is 2.43. The third-order valence-electron chi connectivity index (χ3n) is 4.19. The van der Waals surface area contributed by atoms with E-state index in [9.17, 15) is 9.59 Å². The lowest BCUT2D eigenvalue weighted by molar-refractivity contribution is -0.130. The molecular weight excluding hydrogens is 242 g/mol. The molecule has 108 valence electrons. The average Bonchev–Trinajstić information content (AvgIpc) is 2.49. The number of nitrogens with one attached hydrogen (secondary N) is 1. The highest BCUT2D eigenvalue weighted by Crippen LogP contribution is 2.18. The van der Waals surface area contributed by atoms with Gasteiger partial charge in [0.05, 0.1) is 0 Å². The number of amides is 3. The van der Waals surface area contributed by atoms with Crippen LogP contribution in [0.2, 0.25) is 0 Å². The predicted molar refractivity (Wildman–Crippen MR) is 73.8 cm³/mol. The van der Waals surface area contributed by atoms with Crippen molar-refractivity contribution in [1.29, 1.82) is 0 Å². The molecular formula is C14H25N3O2. The van der Waals surface area contributed by atoms with Crippen molar-refractivity contribution in [2.24, 2.45) is 5.92 Å². The van der Waals surface area contributed by atoms with Gasteiger partial charge in [-0.15, -0.1) is 0 Å². The van der Waals surface area contributed by atoms with E-state index >= 15 is 0 Å². The maximum absolute atomic E-state index is 12.1. The molecule has 5 nitrogen and oxygen atoms in total. The summed E-state index contributed by atoms with van der Waals surface area (Å²) in [6.45, 7) is 9.25. The Morgan fingerprint density at radius 3 is 2.58 bits per heavy atom. The number of carbonyl (C=O) groups excluding carboxylic acids is 2. The Labute approximate surface area is 115 Å². The van der Waals surface area contributed by atoms with Gasteiger partial charge >= 0.3 is 6.03 Å². The van der Waals surface area contributed by atoms with Gasteiger partial charge in [-0.1, -0.05) is 6.92 Å². The first-order chi connectivity index (χ1) is 8.90. The largest absolute Gasteiger partial charge is 0.325 e. The maximum Gasteiger partial charge on any atom is 0.325 e. The fraction of sp³-hybridized carbons (Fsp3) is 0.857. The number of hydrogen-bond donors (Lipinski definition) is 1. The number of imide groups is 1. The second-order valence-electron chi connectivity index (χ2n) is 6.39. The summed E-state index contributed by atoms with van der Waals surface area (Å²) in [5.74, 6) is 0.682. The van der Waals surface area contributed by atoms with Gasteiger partial charge in [-0.3, -0.25) is 9.69 Å². The van der Waals surface area contributed by atoms with Crippen molar-refractivity contribution in [3.63, 3.8) is 0 Å². The Hall–Kier alpha value is -1.10. The van der Waals surface area contributed by atoms with E-state index in [0.29, 0.717) is 6.54 Å². The Balaban J connectivity index is 1.85. The van der Waals surface area contributed by atoms with Crippen LogP contribution in [-0.4, -0.2) is 53.5 Å². The second-order valence-corrected chi connectivity index (χ2v) is 6.39. The molecule has 2 saturated heterocycles. The minimum atomic E-state index is -0.746. The lowest BCUT2D eigenvalue weighted by Gasteiger charge is -2.23. The number of carbonyl (C=O) groups is 2. The Morgan fingerprint density at radius 1 is 1.21 bits per heavy atom. The summed E-state index contributed by atoms with van der Waals surface area (Å²) in [6.07, 6.45) is 3.71. The van der Waals surface area contributed by atoms with Crippen molar-refractivity contribution in [2.75, 3.05) is 26.2 Å². The summed E-state index contributed by atoms with van der Waals surface area (Å²) >= 11 is 0. The molecule has 0 bridgehead atoms. The van der Waals surface area contributed by atoms with Crippen molar-refractivity contribution >= 4 is 11.9 Å². The summed E-state index contributed by atoms with van der Waals surface area (Å²) in [4.78, 5) is 27.5. The number of likely N-dealkylation sites (tertiary alicyclic amines) is 1. The quantitative estimate of drug-likeness (QED) is 0.787. The van der Waals surface area contributed by atoms with E-state index in [2.05, 4.69) is 17.1 Å². The molecule has 2 heterocycles. The van der Waals surface area contributed by atoms with Crippen LogP contribution in [0.5, 0.6) is 0 Å². The molecule has 0 aromatic heterocycles. The van der Waals surface area contributed by atoms with Crippen molar-refractivity contribution in [3.8, 4) is 0 Å². The molecule has 0 unspecified atom stereocenters. The number of rotatable bonds is 3. The molecule has 5 heteroatoms. The second kappa shape index (κ2) is 5.49. The first kappa shape index (κ1) is 14.3. The summed E-state index contributed by atoms with van der Waals surface area (Å²) < 4.78 is 0. The first-order valence-corrected chi connectivity index (χ1v) is 7.26. The van der Waals surface area contributed by atoms with E-state index in [4.69, 9.17) is 0 Å². The standard InChI is InChI=1S/C14H25N3O2/c1-11-5-4-7-16(8-6-11)9-10-17-12(18)14(2,3)15-13(17)19/h11H,4-10H2,1-3H3,(H,15,19)/t11-/m1/s1. The van der Waals surface area contributed by atoms with E-state index in [-0.39, 0.29) is 11.9 Å². The summed E-state index contributed by atoms with van der Waals surface area (Å²) in [7, 11) is 0. The SMILES string of the molecule is C[C@@H]1CCCN(CCN2C(=O)NC(C)(C)C2=O)CC1. The lowest BCUT2D eigenvalue weighted by atomic mass is 10.0. The molecule has 0 aromatic carbocycles. The van der Waals surface area contributed by atoms with Crippen LogP contribution in [0.3, 0.4) is 0 Å². The number of nitrogens with zero attached hydrogens (tertiary/aromatic N) is 2. The average molecular weight is 267 g/mol. The molecule has 0 aromatic rings. The molecule has 0 spiro atoms. The van der Waals surface area contributed by atoms with Crippen LogP contribution in [0.4, 0.5) is 4.79 Å². The molecule has 1 atom stereocenters. The Kier molecular flexibility index (Phi) is 4.13. The van der Waals surface area contributed by atoms with Crippen molar-refractivity contribution in [2.45, 2.75) is 45.6 Å². The van der Waals surface area contributed by atoms with Gasteiger partial charge in [-0.25, -0.2) is 4.79 Å².